The summed E-state index contributed by atoms with van der Waals surface area (Å²) in [5, 5.41) is 9.05. The number of halogens is 2. The molecule has 1 aromatic carbocycles. The zero-order valence-corrected chi connectivity index (χ0v) is 10.0. The van der Waals surface area contributed by atoms with E-state index in [9.17, 15) is 14.0 Å². The van der Waals surface area contributed by atoms with Gasteiger partial charge in [0, 0.05) is 24.6 Å². The third kappa shape index (κ3) is 2.74. The molecule has 0 saturated heterocycles. The number of benzene rings is 1. The SMILES string of the molecule is CC(=O)N(C)[C@H](C(=O)O)c1c(F)cccc1Cl. The number of hydrogen-bond donors (Lipinski definition) is 1. The number of carboxylic acids is 1. The molecule has 0 aliphatic rings. The van der Waals surface area contributed by atoms with Gasteiger partial charge in [0.05, 0.1) is 0 Å². The van der Waals surface area contributed by atoms with Gasteiger partial charge in [-0.1, -0.05) is 17.7 Å². The van der Waals surface area contributed by atoms with E-state index in [2.05, 4.69) is 0 Å². The molecule has 0 heterocycles. The molecule has 1 aromatic rings. The molecule has 0 spiro atoms. The number of rotatable bonds is 3. The van der Waals surface area contributed by atoms with Crippen LogP contribution in [0.1, 0.15) is 18.5 Å². The summed E-state index contributed by atoms with van der Waals surface area (Å²) in [6.07, 6.45) is 0. The number of likely N-dealkylation sites (N-methyl/N-ethyl adjacent to an activating group) is 1. The number of amides is 1. The Kier molecular flexibility index (Phi) is 4.07. The average molecular weight is 260 g/mol. The summed E-state index contributed by atoms with van der Waals surface area (Å²) >= 11 is 5.78. The maximum Gasteiger partial charge on any atom is 0.331 e. The monoisotopic (exact) mass is 259 g/mol. The Bertz CT molecular complexity index is 444. The van der Waals surface area contributed by atoms with E-state index in [1.165, 1.54) is 26.1 Å². The fourth-order valence-electron chi connectivity index (χ4n) is 1.44. The predicted octanol–water partition coefficient (Wildman–Crippen LogP) is 2.08. The molecule has 0 aromatic heterocycles. The second-order valence-electron chi connectivity index (χ2n) is 3.51. The highest BCUT2D eigenvalue weighted by atomic mass is 35.5. The van der Waals surface area contributed by atoms with Crippen molar-refractivity contribution < 1.29 is 19.1 Å². The Morgan fingerprint density at radius 1 is 1.47 bits per heavy atom. The van der Waals surface area contributed by atoms with E-state index in [4.69, 9.17) is 16.7 Å². The van der Waals surface area contributed by atoms with Crippen molar-refractivity contribution in [3.05, 3.63) is 34.6 Å². The van der Waals surface area contributed by atoms with Crippen molar-refractivity contribution in [2.75, 3.05) is 7.05 Å². The summed E-state index contributed by atoms with van der Waals surface area (Å²) in [5.41, 5.74) is -0.209. The molecular weight excluding hydrogens is 249 g/mol. The zero-order chi connectivity index (χ0) is 13.2. The number of aliphatic carboxylic acids is 1. The summed E-state index contributed by atoms with van der Waals surface area (Å²) in [6, 6.07) is 2.42. The van der Waals surface area contributed by atoms with Crippen LogP contribution in [0.2, 0.25) is 5.02 Å². The number of carboxylic acid groups (broad SMARTS) is 1. The van der Waals surface area contributed by atoms with Gasteiger partial charge in [-0.15, -0.1) is 0 Å². The molecule has 92 valence electrons. The summed E-state index contributed by atoms with van der Waals surface area (Å²) in [5.74, 6) is -2.58. The van der Waals surface area contributed by atoms with E-state index in [1.54, 1.807) is 0 Å². The first kappa shape index (κ1) is 13.4. The number of carbonyl (C=O) groups excluding carboxylic acids is 1. The number of hydrogen-bond acceptors (Lipinski definition) is 2. The molecule has 17 heavy (non-hydrogen) atoms. The Morgan fingerprint density at radius 2 is 2.06 bits per heavy atom. The molecule has 0 unspecified atom stereocenters. The summed E-state index contributed by atoms with van der Waals surface area (Å²) in [6.45, 7) is 1.20. The summed E-state index contributed by atoms with van der Waals surface area (Å²) < 4.78 is 13.6. The highest BCUT2D eigenvalue weighted by Crippen LogP contribution is 2.29. The molecule has 0 bridgehead atoms. The van der Waals surface area contributed by atoms with Gasteiger partial charge >= 0.3 is 5.97 Å². The number of nitrogens with zero attached hydrogens (tertiary/aromatic N) is 1. The van der Waals surface area contributed by atoms with Crippen molar-refractivity contribution in [2.45, 2.75) is 13.0 Å². The highest BCUT2D eigenvalue weighted by Gasteiger charge is 2.31. The molecule has 1 rings (SSSR count). The Balaban J connectivity index is 3.33. The van der Waals surface area contributed by atoms with Crippen LogP contribution in [-0.2, 0) is 9.59 Å². The Labute approximate surface area is 103 Å². The summed E-state index contributed by atoms with van der Waals surface area (Å²) in [7, 11) is 1.28. The molecule has 6 heteroatoms. The second kappa shape index (κ2) is 5.14. The zero-order valence-electron chi connectivity index (χ0n) is 9.28. The molecule has 0 radical (unpaired) electrons. The van der Waals surface area contributed by atoms with Crippen molar-refractivity contribution in [1.82, 2.24) is 4.90 Å². The van der Waals surface area contributed by atoms with Crippen LogP contribution in [0.15, 0.2) is 18.2 Å². The first-order valence-electron chi connectivity index (χ1n) is 4.76. The fourth-order valence-corrected chi connectivity index (χ4v) is 1.70. The average Bonchev–Trinajstić information content (AvgIpc) is 2.22. The van der Waals surface area contributed by atoms with Crippen molar-refractivity contribution in [1.29, 1.82) is 0 Å². The normalized spacial score (nSPS) is 12.0. The van der Waals surface area contributed by atoms with E-state index in [0.29, 0.717) is 0 Å². The first-order chi connectivity index (χ1) is 7.86. The van der Waals surface area contributed by atoms with Crippen LogP contribution in [0.5, 0.6) is 0 Å². The van der Waals surface area contributed by atoms with Crippen LogP contribution >= 0.6 is 11.6 Å². The van der Waals surface area contributed by atoms with E-state index < -0.39 is 23.7 Å². The molecule has 1 amide bonds. The van der Waals surface area contributed by atoms with Gasteiger partial charge in [0.25, 0.3) is 0 Å². The van der Waals surface area contributed by atoms with Crippen molar-refractivity contribution >= 4 is 23.5 Å². The molecule has 4 nitrogen and oxygen atoms in total. The molecule has 0 aliphatic heterocycles. The largest absolute Gasteiger partial charge is 0.479 e. The summed E-state index contributed by atoms with van der Waals surface area (Å²) in [4.78, 5) is 23.2. The van der Waals surface area contributed by atoms with Crippen LogP contribution in [0, 0.1) is 5.82 Å². The van der Waals surface area contributed by atoms with E-state index in [-0.39, 0.29) is 10.6 Å². The smallest absolute Gasteiger partial charge is 0.331 e. The van der Waals surface area contributed by atoms with Gasteiger partial charge in [-0.2, -0.15) is 0 Å². The molecule has 1 N–H and O–H groups in total. The van der Waals surface area contributed by atoms with Gasteiger partial charge in [-0.3, -0.25) is 4.79 Å². The molecule has 0 saturated carbocycles. The lowest BCUT2D eigenvalue weighted by Gasteiger charge is -2.24. The van der Waals surface area contributed by atoms with Crippen LogP contribution in [-0.4, -0.2) is 28.9 Å². The van der Waals surface area contributed by atoms with Gasteiger partial charge in [0.2, 0.25) is 5.91 Å². The second-order valence-corrected chi connectivity index (χ2v) is 3.91. The Hall–Kier alpha value is -1.62. The standard InChI is InChI=1S/C11H11ClFNO3/c1-6(15)14(2)10(11(16)17)9-7(12)4-3-5-8(9)13/h3-5,10H,1-2H3,(H,16,17)/t10-/m0/s1. The van der Waals surface area contributed by atoms with Crippen molar-refractivity contribution in [2.24, 2.45) is 0 Å². The van der Waals surface area contributed by atoms with Crippen LogP contribution in [0.3, 0.4) is 0 Å². The Morgan fingerprint density at radius 3 is 2.47 bits per heavy atom. The van der Waals surface area contributed by atoms with Gasteiger partial charge < -0.3 is 10.0 Å². The maximum absolute atomic E-state index is 13.6. The van der Waals surface area contributed by atoms with Crippen molar-refractivity contribution in [3.63, 3.8) is 0 Å². The van der Waals surface area contributed by atoms with Crippen LogP contribution in [0.4, 0.5) is 4.39 Å². The first-order valence-corrected chi connectivity index (χ1v) is 5.14. The minimum atomic E-state index is -1.43. The lowest BCUT2D eigenvalue weighted by Crippen LogP contribution is -2.35. The van der Waals surface area contributed by atoms with E-state index in [1.807, 2.05) is 0 Å². The maximum atomic E-state index is 13.6. The van der Waals surface area contributed by atoms with E-state index >= 15 is 0 Å². The molecule has 0 aliphatic carbocycles. The topological polar surface area (TPSA) is 57.6 Å². The van der Waals surface area contributed by atoms with E-state index in [0.717, 1.165) is 11.0 Å². The molecule has 0 fully saturated rings. The third-order valence-corrected chi connectivity index (χ3v) is 2.72. The molecular formula is C11H11ClFNO3. The van der Waals surface area contributed by atoms with Gasteiger partial charge in [-0.25, -0.2) is 9.18 Å². The van der Waals surface area contributed by atoms with Crippen molar-refractivity contribution in [3.8, 4) is 0 Å². The minimum absolute atomic E-state index is 0.0227. The fraction of sp³-hybridized carbons (Fsp3) is 0.273. The quantitative estimate of drug-likeness (QED) is 0.904. The lowest BCUT2D eigenvalue weighted by atomic mass is 10.0. The number of carbonyl (C=O) groups is 2. The van der Waals surface area contributed by atoms with Crippen LogP contribution < -0.4 is 0 Å². The van der Waals surface area contributed by atoms with Gasteiger partial charge in [0.15, 0.2) is 6.04 Å². The predicted molar refractivity (Wildman–Crippen MR) is 60.2 cm³/mol. The minimum Gasteiger partial charge on any atom is -0.479 e. The highest BCUT2D eigenvalue weighted by molar-refractivity contribution is 6.31. The van der Waals surface area contributed by atoms with Crippen LogP contribution in [0.25, 0.3) is 0 Å². The third-order valence-electron chi connectivity index (χ3n) is 2.39. The van der Waals surface area contributed by atoms with Gasteiger partial charge in [0.1, 0.15) is 5.82 Å². The van der Waals surface area contributed by atoms with Gasteiger partial charge in [-0.05, 0) is 12.1 Å². The lowest BCUT2D eigenvalue weighted by molar-refractivity contribution is -0.148. The molecule has 1 atom stereocenters.